The molecule has 0 saturated heterocycles. The zero-order valence-electron chi connectivity index (χ0n) is 10.5. The van der Waals surface area contributed by atoms with Crippen molar-refractivity contribution in [2.75, 3.05) is 0 Å². The van der Waals surface area contributed by atoms with E-state index in [-0.39, 0.29) is 5.54 Å². The summed E-state index contributed by atoms with van der Waals surface area (Å²) in [4.78, 5) is 7.98. The van der Waals surface area contributed by atoms with Gasteiger partial charge in [0.05, 0.1) is 16.6 Å². The largest absolute Gasteiger partial charge is 0.340 e. The second kappa shape index (κ2) is 4.25. The third kappa shape index (κ3) is 2.02. The number of H-pyrrole nitrogens is 1. The molecule has 1 aromatic carbocycles. The van der Waals surface area contributed by atoms with E-state index in [9.17, 15) is 0 Å². The first-order chi connectivity index (χ1) is 8.57. The topological polar surface area (TPSA) is 54.7 Å². The first-order valence-electron chi connectivity index (χ1n) is 6.51. The normalized spacial score (nSPS) is 28.7. The Kier molecular flexibility index (Phi) is 2.83. The molecule has 96 valence electrons. The minimum Gasteiger partial charge on any atom is -0.340 e. The van der Waals surface area contributed by atoms with Crippen LogP contribution in [0.1, 0.15) is 38.4 Å². The van der Waals surface area contributed by atoms with Crippen molar-refractivity contribution in [1.82, 2.24) is 9.97 Å². The zero-order valence-corrected chi connectivity index (χ0v) is 11.3. The van der Waals surface area contributed by atoms with Crippen LogP contribution in [0.4, 0.5) is 0 Å². The van der Waals surface area contributed by atoms with Gasteiger partial charge in [-0.2, -0.15) is 0 Å². The number of hydrogen-bond acceptors (Lipinski definition) is 2. The molecule has 0 bridgehead atoms. The fourth-order valence-electron chi connectivity index (χ4n) is 2.73. The number of imidazole rings is 1. The fourth-order valence-corrected chi connectivity index (χ4v) is 2.90. The molecule has 1 heterocycles. The van der Waals surface area contributed by atoms with Crippen LogP contribution >= 0.6 is 11.6 Å². The molecule has 1 fully saturated rings. The number of fused-ring (bicyclic) bond motifs is 1. The minimum absolute atomic E-state index is 0.294. The molecule has 1 aromatic heterocycles. The second-order valence-corrected chi connectivity index (χ2v) is 6.02. The molecule has 0 spiro atoms. The van der Waals surface area contributed by atoms with Gasteiger partial charge in [0.1, 0.15) is 5.82 Å². The predicted molar refractivity (Wildman–Crippen MR) is 74.6 cm³/mol. The number of rotatable bonds is 1. The van der Waals surface area contributed by atoms with Crippen molar-refractivity contribution in [1.29, 1.82) is 0 Å². The van der Waals surface area contributed by atoms with Crippen molar-refractivity contribution in [3.8, 4) is 0 Å². The number of nitrogens with one attached hydrogen (secondary N) is 1. The van der Waals surface area contributed by atoms with Gasteiger partial charge in [-0.15, -0.1) is 0 Å². The summed E-state index contributed by atoms with van der Waals surface area (Å²) >= 11 is 5.99. The monoisotopic (exact) mass is 263 g/mol. The smallest absolute Gasteiger partial charge is 0.127 e. The summed E-state index contributed by atoms with van der Waals surface area (Å²) in [5.41, 5.74) is 8.14. The molecule has 3 nitrogen and oxygen atoms in total. The molecule has 3 N–H and O–H groups in total. The highest BCUT2D eigenvalue weighted by atomic mass is 35.5. The number of benzene rings is 1. The van der Waals surface area contributed by atoms with E-state index < -0.39 is 0 Å². The van der Waals surface area contributed by atoms with Crippen molar-refractivity contribution in [2.24, 2.45) is 11.7 Å². The van der Waals surface area contributed by atoms with E-state index in [1.807, 2.05) is 18.2 Å². The van der Waals surface area contributed by atoms with E-state index in [4.69, 9.17) is 17.3 Å². The van der Waals surface area contributed by atoms with Crippen molar-refractivity contribution in [3.63, 3.8) is 0 Å². The predicted octanol–water partition coefficient (Wildman–Crippen LogP) is 3.58. The lowest BCUT2D eigenvalue weighted by atomic mass is 9.77. The third-order valence-electron chi connectivity index (χ3n) is 4.08. The van der Waals surface area contributed by atoms with Crippen molar-refractivity contribution in [2.45, 2.75) is 38.1 Å². The average molecular weight is 264 g/mol. The maximum Gasteiger partial charge on any atom is 0.127 e. The minimum atomic E-state index is -0.294. The summed E-state index contributed by atoms with van der Waals surface area (Å²) in [6.07, 6.45) is 4.35. The van der Waals surface area contributed by atoms with Gasteiger partial charge in [-0.05, 0) is 49.8 Å². The van der Waals surface area contributed by atoms with Crippen molar-refractivity contribution in [3.05, 3.63) is 29.0 Å². The summed E-state index contributed by atoms with van der Waals surface area (Å²) in [5.74, 6) is 1.69. The molecule has 0 aliphatic heterocycles. The van der Waals surface area contributed by atoms with Crippen LogP contribution in [-0.4, -0.2) is 9.97 Å². The van der Waals surface area contributed by atoms with E-state index >= 15 is 0 Å². The number of aromatic nitrogens is 2. The van der Waals surface area contributed by atoms with Crippen LogP contribution in [0.15, 0.2) is 18.2 Å². The highest BCUT2D eigenvalue weighted by Gasteiger charge is 2.34. The molecule has 0 unspecified atom stereocenters. The van der Waals surface area contributed by atoms with Gasteiger partial charge in [0.2, 0.25) is 0 Å². The van der Waals surface area contributed by atoms with E-state index in [0.29, 0.717) is 0 Å². The fraction of sp³-hybridized carbons (Fsp3) is 0.500. The lowest BCUT2D eigenvalue weighted by molar-refractivity contribution is 0.238. The summed E-state index contributed by atoms with van der Waals surface area (Å²) < 4.78 is 0. The zero-order chi connectivity index (χ0) is 12.8. The molecule has 1 saturated carbocycles. The summed E-state index contributed by atoms with van der Waals surface area (Å²) in [6.45, 7) is 2.29. The Balaban J connectivity index is 1.98. The quantitative estimate of drug-likeness (QED) is 0.826. The summed E-state index contributed by atoms with van der Waals surface area (Å²) in [7, 11) is 0. The van der Waals surface area contributed by atoms with Gasteiger partial charge in [0.15, 0.2) is 0 Å². The third-order valence-corrected chi connectivity index (χ3v) is 4.32. The van der Waals surface area contributed by atoms with Crippen LogP contribution in [0.5, 0.6) is 0 Å². The first kappa shape index (κ1) is 12.0. The molecule has 18 heavy (non-hydrogen) atoms. The lowest BCUT2D eigenvalue weighted by Crippen LogP contribution is -2.41. The van der Waals surface area contributed by atoms with Crippen LogP contribution in [0.25, 0.3) is 11.0 Å². The summed E-state index contributed by atoms with van der Waals surface area (Å²) in [6, 6.07) is 5.70. The average Bonchev–Trinajstić information content (AvgIpc) is 2.77. The summed E-state index contributed by atoms with van der Waals surface area (Å²) in [5, 5.41) is 0.723. The van der Waals surface area contributed by atoms with Gasteiger partial charge in [-0.3, -0.25) is 0 Å². The Morgan fingerprint density at radius 2 is 2.11 bits per heavy atom. The Bertz CT molecular complexity index is 567. The lowest BCUT2D eigenvalue weighted by Gasteiger charge is -2.34. The molecular formula is C14H18ClN3. The van der Waals surface area contributed by atoms with E-state index in [0.717, 1.165) is 40.6 Å². The molecule has 0 atom stereocenters. The van der Waals surface area contributed by atoms with Crippen LogP contribution in [0.2, 0.25) is 5.02 Å². The SMILES string of the molecule is CC1CCC(N)(c2nc3ccc(Cl)cc3[nH]2)CC1. The Labute approximate surface area is 112 Å². The molecule has 2 aromatic rings. The standard InChI is InChI=1S/C14H18ClN3/c1-9-4-6-14(16,7-5-9)13-17-11-3-2-10(15)8-12(11)18-13/h2-3,8-9H,4-7,16H2,1H3,(H,17,18). The number of aromatic amines is 1. The van der Waals surface area contributed by atoms with Gasteiger partial charge in [-0.1, -0.05) is 18.5 Å². The van der Waals surface area contributed by atoms with Gasteiger partial charge >= 0.3 is 0 Å². The van der Waals surface area contributed by atoms with Crippen molar-refractivity contribution >= 4 is 22.6 Å². The maximum atomic E-state index is 6.52. The van der Waals surface area contributed by atoms with E-state index in [1.165, 1.54) is 12.8 Å². The first-order valence-corrected chi connectivity index (χ1v) is 6.89. The second-order valence-electron chi connectivity index (χ2n) is 5.59. The van der Waals surface area contributed by atoms with Crippen LogP contribution in [-0.2, 0) is 5.54 Å². The molecule has 0 amide bonds. The molecular weight excluding hydrogens is 246 g/mol. The van der Waals surface area contributed by atoms with Gasteiger partial charge in [0, 0.05) is 5.02 Å². The van der Waals surface area contributed by atoms with Gasteiger partial charge < -0.3 is 10.7 Å². The van der Waals surface area contributed by atoms with E-state index in [1.54, 1.807) is 0 Å². The van der Waals surface area contributed by atoms with Crippen LogP contribution in [0, 0.1) is 5.92 Å². The number of halogens is 1. The highest BCUT2D eigenvalue weighted by molar-refractivity contribution is 6.31. The highest BCUT2D eigenvalue weighted by Crippen LogP contribution is 2.36. The Morgan fingerprint density at radius 3 is 2.83 bits per heavy atom. The maximum absolute atomic E-state index is 6.52. The Hall–Kier alpha value is -1.06. The number of hydrogen-bond donors (Lipinski definition) is 2. The van der Waals surface area contributed by atoms with Crippen molar-refractivity contribution < 1.29 is 0 Å². The molecule has 1 aliphatic carbocycles. The molecule has 1 aliphatic rings. The van der Waals surface area contributed by atoms with Gasteiger partial charge in [-0.25, -0.2) is 4.98 Å². The van der Waals surface area contributed by atoms with Crippen LogP contribution in [0.3, 0.4) is 0 Å². The molecule has 0 radical (unpaired) electrons. The Morgan fingerprint density at radius 1 is 1.39 bits per heavy atom. The molecule has 3 rings (SSSR count). The van der Waals surface area contributed by atoms with E-state index in [2.05, 4.69) is 16.9 Å². The number of nitrogens with two attached hydrogens (primary N) is 1. The molecule has 4 heteroatoms. The number of nitrogens with zero attached hydrogens (tertiary/aromatic N) is 1. The van der Waals surface area contributed by atoms with Gasteiger partial charge in [0.25, 0.3) is 0 Å². The van der Waals surface area contributed by atoms with Crippen LogP contribution < -0.4 is 5.73 Å².